The first-order valence-corrected chi connectivity index (χ1v) is 11.5. The van der Waals surface area contributed by atoms with E-state index >= 15 is 0 Å². The summed E-state index contributed by atoms with van der Waals surface area (Å²) in [7, 11) is 0. The Bertz CT molecular complexity index is 1150. The average Bonchev–Trinajstić information content (AvgIpc) is 3.25. The summed E-state index contributed by atoms with van der Waals surface area (Å²) < 4.78 is 38.6. The summed E-state index contributed by atoms with van der Waals surface area (Å²) in [5.74, 6) is -0.512. The third-order valence-corrected chi connectivity index (χ3v) is 5.86. The number of alkyl halides is 3. The van der Waals surface area contributed by atoms with Crippen LogP contribution in [0.5, 0.6) is 0 Å². The van der Waals surface area contributed by atoms with Crippen LogP contribution in [0.15, 0.2) is 53.9 Å². The molecule has 0 saturated carbocycles. The summed E-state index contributed by atoms with van der Waals surface area (Å²) in [6.45, 7) is 3.83. The van der Waals surface area contributed by atoms with Crippen molar-refractivity contribution in [1.82, 2.24) is 15.2 Å². The second kappa shape index (κ2) is 10.9. The molecule has 0 atom stereocenters. The molecule has 2 aromatic carbocycles. The Balaban J connectivity index is 1.61. The fraction of sp³-hybridized carbons (Fsp3) is 0.261. The van der Waals surface area contributed by atoms with Gasteiger partial charge in [-0.05, 0) is 55.8 Å². The summed E-state index contributed by atoms with van der Waals surface area (Å²) in [6, 6.07) is 11.0. The third-order valence-electron chi connectivity index (χ3n) is 4.78. The van der Waals surface area contributed by atoms with E-state index in [0.29, 0.717) is 21.3 Å². The van der Waals surface area contributed by atoms with Gasteiger partial charge in [0.05, 0.1) is 12.1 Å². The maximum absolute atomic E-state index is 12.9. The van der Waals surface area contributed by atoms with Crippen molar-refractivity contribution in [1.29, 1.82) is 0 Å². The number of benzene rings is 2. The van der Waals surface area contributed by atoms with E-state index < -0.39 is 17.6 Å². The molecule has 0 aliphatic heterocycles. The Morgan fingerprint density at radius 3 is 2.50 bits per heavy atom. The highest BCUT2D eigenvalue weighted by Gasteiger charge is 2.30. The Morgan fingerprint density at radius 2 is 1.85 bits per heavy atom. The maximum atomic E-state index is 12.9. The van der Waals surface area contributed by atoms with E-state index in [4.69, 9.17) is 11.6 Å². The van der Waals surface area contributed by atoms with E-state index in [2.05, 4.69) is 15.6 Å². The number of anilines is 1. The summed E-state index contributed by atoms with van der Waals surface area (Å²) in [5.41, 5.74) is 0.270. The lowest BCUT2D eigenvalue weighted by atomic mass is 10.1. The first-order valence-electron chi connectivity index (χ1n) is 10.2. The van der Waals surface area contributed by atoms with Crippen molar-refractivity contribution >= 4 is 40.6 Å². The minimum Gasteiger partial charge on any atom is -0.347 e. The van der Waals surface area contributed by atoms with Crippen LogP contribution >= 0.6 is 22.9 Å². The standard InChI is InChI=1S/C23H22ClF3N4O2S/c1-14(2)31(22(33)29-18-8-6-17(24)7-9-18)12-20-30-19(13-34-20)21(32)28-11-15-4-3-5-16(10-15)23(25,26)27/h3-10,13-14H,11-12H2,1-2H3,(H,28,32)(H,29,33). The number of aromatic nitrogens is 1. The molecule has 3 aromatic rings. The molecule has 2 N–H and O–H groups in total. The fourth-order valence-electron chi connectivity index (χ4n) is 2.98. The highest BCUT2D eigenvalue weighted by Crippen LogP contribution is 2.29. The third kappa shape index (κ3) is 6.94. The fourth-order valence-corrected chi connectivity index (χ4v) is 3.88. The highest BCUT2D eigenvalue weighted by molar-refractivity contribution is 7.09. The van der Waals surface area contributed by atoms with Gasteiger partial charge in [0.2, 0.25) is 0 Å². The Hall–Kier alpha value is -3.11. The zero-order chi connectivity index (χ0) is 24.9. The van der Waals surface area contributed by atoms with Crippen molar-refractivity contribution in [3.05, 3.63) is 80.8 Å². The largest absolute Gasteiger partial charge is 0.416 e. The molecule has 0 fully saturated rings. The molecule has 3 rings (SSSR count). The quantitative estimate of drug-likeness (QED) is 0.398. The number of halogens is 4. The second-order valence-electron chi connectivity index (χ2n) is 7.67. The van der Waals surface area contributed by atoms with E-state index in [9.17, 15) is 22.8 Å². The number of amides is 3. The average molecular weight is 511 g/mol. The van der Waals surface area contributed by atoms with Crippen LogP contribution < -0.4 is 10.6 Å². The molecule has 3 amide bonds. The second-order valence-corrected chi connectivity index (χ2v) is 9.05. The van der Waals surface area contributed by atoms with Gasteiger partial charge in [-0.2, -0.15) is 13.2 Å². The number of rotatable bonds is 7. The summed E-state index contributed by atoms with van der Waals surface area (Å²) >= 11 is 7.09. The van der Waals surface area contributed by atoms with E-state index in [1.165, 1.54) is 23.5 Å². The van der Waals surface area contributed by atoms with Crippen molar-refractivity contribution in [2.45, 2.75) is 39.2 Å². The van der Waals surface area contributed by atoms with Gasteiger partial charge in [0.1, 0.15) is 10.7 Å². The van der Waals surface area contributed by atoms with Gasteiger partial charge in [-0.1, -0.05) is 23.7 Å². The molecule has 1 heterocycles. The van der Waals surface area contributed by atoms with E-state index in [0.717, 1.165) is 12.1 Å². The van der Waals surface area contributed by atoms with Gasteiger partial charge in [0.25, 0.3) is 5.91 Å². The lowest BCUT2D eigenvalue weighted by Crippen LogP contribution is -2.39. The molecule has 6 nitrogen and oxygen atoms in total. The molecular formula is C23H22ClF3N4O2S. The van der Waals surface area contributed by atoms with Gasteiger partial charge in [0.15, 0.2) is 0 Å². The monoisotopic (exact) mass is 510 g/mol. The number of carbonyl (C=O) groups excluding carboxylic acids is 2. The molecule has 1 aromatic heterocycles. The lowest BCUT2D eigenvalue weighted by molar-refractivity contribution is -0.137. The molecule has 0 unspecified atom stereocenters. The Morgan fingerprint density at radius 1 is 1.15 bits per heavy atom. The predicted octanol–water partition coefficient (Wildman–Crippen LogP) is 6.19. The maximum Gasteiger partial charge on any atom is 0.416 e. The Kier molecular flexibility index (Phi) is 8.16. The van der Waals surface area contributed by atoms with Gasteiger partial charge < -0.3 is 15.5 Å². The van der Waals surface area contributed by atoms with Crippen molar-refractivity contribution in [2.24, 2.45) is 0 Å². The van der Waals surface area contributed by atoms with Crippen molar-refractivity contribution in [3.63, 3.8) is 0 Å². The van der Waals surface area contributed by atoms with Crippen LogP contribution in [0.1, 0.15) is 40.5 Å². The number of nitrogens with one attached hydrogen (secondary N) is 2. The molecule has 0 bridgehead atoms. The smallest absolute Gasteiger partial charge is 0.347 e. The normalized spacial score (nSPS) is 11.4. The number of urea groups is 1. The minimum atomic E-state index is -4.45. The zero-order valence-electron chi connectivity index (χ0n) is 18.3. The lowest BCUT2D eigenvalue weighted by Gasteiger charge is -2.26. The highest BCUT2D eigenvalue weighted by atomic mass is 35.5. The van der Waals surface area contributed by atoms with Gasteiger partial charge in [-0.25, -0.2) is 9.78 Å². The van der Waals surface area contributed by atoms with Crippen LogP contribution in [0.4, 0.5) is 23.7 Å². The molecule has 34 heavy (non-hydrogen) atoms. The molecule has 0 spiro atoms. The topological polar surface area (TPSA) is 74.3 Å². The van der Waals surface area contributed by atoms with E-state index in [-0.39, 0.29) is 30.9 Å². The van der Waals surface area contributed by atoms with Crippen LogP contribution in [0.3, 0.4) is 0 Å². The predicted molar refractivity (Wildman–Crippen MR) is 126 cm³/mol. The van der Waals surface area contributed by atoms with Gasteiger partial charge in [0, 0.05) is 28.7 Å². The molecule has 0 radical (unpaired) electrons. The first kappa shape index (κ1) is 25.5. The van der Waals surface area contributed by atoms with E-state index in [1.807, 2.05) is 13.8 Å². The van der Waals surface area contributed by atoms with Crippen LogP contribution in [-0.2, 0) is 19.3 Å². The molecule has 0 aliphatic carbocycles. The van der Waals surface area contributed by atoms with Crippen LogP contribution in [0, 0.1) is 0 Å². The van der Waals surface area contributed by atoms with Crippen molar-refractivity contribution in [2.75, 3.05) is 5.32 Å². The SMILES string of the molecule is CC(C)N(Cc1nc(C(=O)NCc2cccc(C(F)(F)F)c2)cs1)C(=O)Nc1ccc(Cl)cc1. The van der Waals surface area contributed by atoms with Crippen molar-refractivity contribution < 1.29 is 22.8 Å². The molecule has 0 aliphatic rings. The minimum absolute atomic E-state index is 0.0722. The Labute approximate surface area is 203 Å². The van der Waals surface area contributed by atoms with Gasteiger partial charge in [-0.15, -0.1) is 11.3 Å². The number of nitrogens with zero attached hydrogens (tertiary/aromatic N) is 2. The van der Waals surface area contributed by atoms with Crippen LogP contribution in [0.25, 0.3) is 0 Å². The molecule has 0 saturated heterocycles. The summed E-state index contributed by atoms with van der Waals surface area (Å²) in [4.78, 5) is 31.0. The number of thiazole rings is 1. The molecule has 180 valence electrons. The zero-order valence-corrected chi connectivity index (χ0v) is 19.9. The van der Waals surface area contributed by atoms with E-state index in [1.54, 1.807) is 34.5 Å². The van der Waals surface area contributed by atoms with Crippen molar-refractivity contribution in [3.8, 4) is 0 Å². The summed E-state index contributed by atoms with van der Waals surface area (Å²) in [5, 5.41) is 8.03. The number of carbonyl (C=O) groups is 2. The van der Waals surface area contributed by atoms with Gasteiger partial charge in [-0.3, -0.25) is 4.79 Å². The van der Waals surface area contributed by atoms with Gasteiger partial charge >= 0.3 is 12.2 Å². The number of hydrogen-bond donors (Lipinski definition) is 2. The van der Waals surface area contributed by atoms with Crippen LogP contribution in [0.2, 0.25) is 5.02 Å². The van der Waals surface area contributed by atoms with Crippen LogP contribution in [-0.4, -0.2) is 27.9 Å². The first-order chi connectivity index (χ1) is 16.0. The number of hydrogen-bond acceptors (Lipinski definition) is 4. The molecule has 11 heteroatoms. The summed E-state index contributed by atoms with van der Waals surface area (Å²) in [6.07, 6.45) is -4.45. The molecular weight excluding hydrogens is 489 g/mol.